The Bertz CT molecular complexity index is 651. The van der Waals surface area contributed by atoms with Crippen LogP contribution >= 0.6 is 11.6 Å². The first kappa shape index (κ1) is 15.4. The minimum Gasteiger partial charge on any atom is -0.235 e. The summed E-state index contributed by atoms with van der Waals surface area (Å²) in [5, 5.41) is 14.2. The highest BCUT2D eigenvalue weighted by Crippen LogP contribution is 2.21. The van der Waals surface area contributed by atoms with Crippen molar-refractivity contribution in [1.29, 1.82) is 0 Å². The topological polar surface area (TPSA) is 116 Å². The number of hydrogen-bond donors (Lipinski definition) is 0. The van der Waals surface area contributed by atoms with Gasteiger partial charge in [0.05, 0.1) is 10.2 Å². The standard InChI is InChI=1S/C9H10ClN5O5S/c10-8-1-3-9(4-2-8)21(19,20)14-6-12(11-16)5-13(7-14)15(17)18/h1-4H,5-7H2. The number of sulfonamides is 1. The Morgan fingerprint density at radius 3 is 2.33 bits per heavy atom. The predicted molar refractivity (Wildman–Crippen MR) is 71.5 cm³/mol. The van der Waals surface area contributed by atoms with Crippen molar-refractivity contribution in [2.75, 3.05) is 20.0 Å². The molecule has 114 valence electrons. The maximum absolute atomic E-state index is 12.4. The van der Waals surface area contributed by atoms with Crippen LogP contribution in [0, 0.1) is 15.0 Å². The monoisotopic (exact) mass is 335 g/mol. The Kier molecular flexibility index (Phi) is 4.25. The van der Waals surface area contributed by atoms with Gasteiger partial charge >= 0.3 is 0 Å². The molecule has 1 aliphatic rings. The second-order valence-electron chi connectivity index (χ2n) is 4.17. The number of nitro groups is 1. The summed E-state index contributed by atoms with van der Waals surface area (Å²) in [6, 6.07) is 5.34. The van der Waals surface area contributed by atoms with Crippen molar-refractivity contribution in [3.8, 4) is 0 Å². The molecule has 10 nitrogen and oxygen atoms in total. The zero-order chi connectivity index (χ0) is 15.6. The molecule has 0 bridgehead atoms. The average Bonchev–Trinajstić information content (AvgIpc) is 2.47. The van der Waals surface area contributed by atoms with Crippen molar-refractivity contribution in [2.24, 2.45) is 5.29 Å². The average molecular weight is 336 g/mol. The Morgan fingerprint density at radius 1 is 1.19 bits per heavy atom. The maximum Gasteiger partial charge on any atom is 0.246 e. The van der Waals surface area contributed by atoms with Crippen LogP contribution in [0.3, 0.4) is 0 Å². The van der Waals surface area contributed by atoms with Gasteiger partial charge in [0, 0.05) is 5.02 Å². The lowest BCUT2D eigenvalue weighted by Gasteiger charge is -2.33. The number of rotatable bonds is 4. The van der Waals surface area contributed by atoms with Gasteiger partial charge in [-0.05, 0) is 24.3 Å². The fourth-order valence-electron chi connectivity index (χ4n) is 1.75. The maximum atomic E-state index is 12.4. The fraction of sp³-hybridized carbons (Fsp3) is 0.333. The number of hydrazine groups is 1. The van der Waals surface area contributed by atoms with Gasteiger partial charge < -0.3 is 0 Å². The Labute approximate surface area is 124 Å². The van der Waals surface area contributed by atoms with Crippen LogP contribution in [0.5, 0.6) is 0 Å². The largest absolute Gasteiger partial charge is 0.246 e. The van der Waals surface area contributed by atoms with Crippen molar-refractivity contribution in [3.63, 3.8) is 0 Å². The summed E-state index contributed by atoms with van der Waals surface area (Å²) in [5.74, 6) is 0. The molecule has 12 heteroatoms. The van der Waals surface area contributed by atoms with Crippen LogP contribution in [0.15, 0.2) is 34.4 Å². The fourth-order valence-corrected chi connectivity index (χ4v) is 3.22. The molecule has 21 heavy (non-hydrogen) atoms. The van der Waals surface area contributed by atoms with Crippen LogP contribution < -0.4 is 0 Å². The minimum atomic E-state index is -4.00. The third kappa shape index (κ3) is 3.20. The molecule has 0 amide bonds. The molecule has 1 fully saturated rings. The summed E-state index contributed by atoms with van der Waals surface area (Å²) in [6.07, 6.45) is 0. The van der Waals surface area contributed by atoms with E-state index in [1.807, 2.05) is 0 Å². The molecule has 0 saturated carbocycles. The summed E-state index contributed by atoms with van der Waals surface area (Å²) < 4.78 is 25.6. The van der Waals surface area contributed by atoms with E-state index in [2.05, 4.69) is 5.29 Å². The molecule has 0 atom stereocenters. The SMILES string of the molecule is O=NN1CN([N+](=O)[O-])CN(S(=O)(=O)c2ccc(Cl)cc2)C1. The highest BCUT2D eigenvalue weighted by Gasteiger charge is 2.36. The Hall–Kier alpha value is -1.98. The summed E-state index contributed by atoms with van der Waals surface area (Å²) in [7, 11) is -4.00. The quantitative estimate of drug-likeness (QED) is 0.451. The molecular formula is C9H10ClN5O5S. The smallest absolute Gasteiger partial charge is 0.235 e. The van der Waals surface area contributed by atoms with Crippen LogP contribution in [-0.4, -0.2) is 47.8 Å². The molecule has 1 aromatic carbocycles. The van der Waals surface area contributed by atoms with Gasteiger partial charge in [0.25, 0.3) is 0 Å². The first-order chi connectivity index (χ1) is 9.84. The molecular weight excluding hydrogens is 326 g/mol. The highest BCUT2D eigenvalue weighted by atomic mass is 35.5. The second kappa shape index (κ2) is 5.79. The third-order valence-electron chi connectivity index (χ3n) is 2.77. The first-order valence-electron chi connectivity index (χ1n) is 5.58. The van der Waals surface area contributed by atoms with Gasteiger partial charge in [0.1, 0.15) is 13.3 Å². The van der Waals surface area contributed by atoms with Crippen molar-refractivity contribution in [3.05, 3.63) is 44.3 Å². The van der Waals surface area contributed by atoms with E-state index < -0.39 is 21.7 Å². The van der Waals surface area contributed by atoms with Crippen molar-refractivity contribution >= 4 is 21.6 Å². The van der Waals surface area contributed by atoms with Gasteiger partial charge in [-0.1, -0.05) is 16.6 Å². The molecule has 0 N–H and O–H groups in total. The number of halogens is 1. The molecule has 0 aliphatic carbocycles. The van der Waals surface area contributed by atoms with Gasteiger partial charge in [0.2, 0.25) is 10.0 Å². The van der Waals surface area contributed by atoms with Crippen molar-refractivity contribution in [1.82, 2.24) is 14.3 Å². The molecule has 0 aromatic heterocycles. The lowest BCUT2D eigenvalue weighted by molar-refractivity contribution is -0.667. The van der Waals surface area contributed by atoms with Crippen LogP contribution in [0.25, 0.3) is 0 Å². The summed E-state index contributed by atoms with van der Waals surface area (Å²) >= 11 is 5.69. The van der Waals surface area contributed by atoms with Gasteiger partial charge in [-0.15, -0.1) is 4.91 Å². The van der Waals surface area contributed by atoms with Crippen LogP contribution in [0.1, 0.15) is 0 Å². The second-order valence-corrected chi connectivity index (χ2v) is 6.54. The molecule has 0 radical (unpaired) electrons. The van der Waals surface area contributed by atoms with E-state index in [0.717, 1.165) is 9.31 Å². The molecule has 1 aliphatic heterocycles. The van der Waals surface area contributed by atoms with Crippen molar-refractivity contribution < 1.29 is 13.5 Å². The van der Waals surface area contributed by atoms with E-state index in [9.17, 15) is 23.4 Å². The van der Waals surface area contributed by atoms with Gasteiger partial charge in [0.15, 0.2) is 11.7 Å². The van der Waals surface area contributed by atoms with Crippen LogP contribution in [0.2, 0.25) is 5.02 Å². The minimum absolute atomic E-state index is 0.0806. The van der Waals surface area contributed by atoms with E-state index in [1.54, 1.807) is 0 Å². The number of hydrogen-bond acceptors (Lipinski definition) is 6. The van der Waals surface area contributed by atoms with Gasteiger partial charge in [-0.2, -0.15) is 4.31 Å². The summed E-state index contributed by atoms with van der Waals surface area (Å²) in [4.78, 5) is 21.3. The van der Waals surface area contributed by atoms with E-state index in [4.69, 9.17) is 11.6 Å². The van der Waals surface area contributed by atoms with Crippen LogP contribution in [-0.2, 0) is 10.0 Å². The normalized spacial score (nSPS) is 16.8. The van der Waals surface area contributed by atoms with E-state index in [0.29, 0.717) is 10.0 Å². The summed E-state index contributed by atoms with van der Waals surface area (Å²) in [5.41, 5.74) is 0. The van der Waals surface area contributed by atoms with Crippen molar-refractivity contribution in [2.45, 2.75) is 4.90 Å². The number of benzene rings is 1. The molecule has 0 spiro atoms. The molecule has 1 saturated heterocycles. The molecule has 1 aromatic rings. The van der Waals surface area contributed by atoms with Gasteiger partial charge in [-0.25, -0.2) is 23.5 Å². The van der Waals surface area contributed by atoms with Crippen LogP contribution in [0.4, 0.5) is 0 Å². The number of nitroso groups, excluding NO2 is 1. The zero-order valence-electron chi connectivity index (χ0n) is 10.5. The highest BCUT2D eigenvalue weighted by molar-refractivity contribution is 7.89. The molecule has 0 unspecified atom stereocenters. The van der Waals surface area contributed by atoms with Gasteiger partial charge in [-0.3, -0.25) is 0 Å². The van der Waals surface area contributed by atoms with E-state index in [1.165, 1.54) is 24.3 Å². The summed E-state index contributed by atoms with van der Waals surface area (Å²) in [6.45, 7) is -1.23. The first-order valence-corrected chi connectivity index (χ1v) is 7.39. The predicted octanol–water partition coefficient (Wildman–Crippen LogP) is 0.694. The van der Waals surface area contributed by atoms with E-state index >= 15 is 0 Å². The molecule has 1 heterocycles. The lowest BCUT2D eigenvalue weighted by Crippen LogP contribution is -2.56. The zero-order valence-corrected chi connectivity index (χ0v) is 12.1. The third-order valence-corrected chi connectivity index (χ3v) is 4.80. The Balaban J connectivity index is 2.31. The molecule has 2 rings (SSSR count). The van der Waals surface area contributed by atoms with E-state index in [-0.39, 0.29) is 18.2 Å². The Morgan fingerprint density at radius 2 is 1.81 bits per heavy atom. The number of nitrogens with zero attached hydrogens (tertiary/aromatic N) is 5. The lowest BCUT2D eigenvalue weighted by atomic mass is 10.4.